The van der Waals surface area contributed by atoms with E-state index in [0.29, 0.717) is 23.8 Å². The largest absolute Gasteiger partial charge is 0.341 e. The van der Waals surface area contributed by atoms with E-state index in [1.807, 2.05) is 0 Å². The van der Waals surface area contributed by atoms with E-state index in [9.17, 15) is 22.8 Å². The number of piperidine rings is 1. The van der Waals surface area contributed by atoms with Crippen LogP contribution in [0.2, 0.25) is 5.02 Å². The molecule has 4 rings (SSSR count). The van der Waals surface area contributed by atoms with Crippen LogP contribution >= 0.6 is 11.6 Å². The Labute approximate surface area is 215 Å². The summed E-state index contributed by atoms with van der Waals surface area (Å²) in [5, 5.41) is 5.44. The number of fused-ring (bicyclic) bond motifs is 1. The fourth-order valence-electron chi connectivity index (χ4n) is 4.66. The Balaban J connectivity index is 1.60. The Morgan fingerprint density at radius 1 is 1.14 bits per heavy atom. The Kier molecular flexibility index (Phi) is 7.28. The first-order valence-corrected chi connectivity index (χ1v) is 13.7. The molecule has 4 amide bonds. The van der Waals surface area contributed by atoms with Crippen molar-refractivity contribution in [2.45, 2.75) is 37.6 Å². The molecule has 1 unspecified atom stereocenters. The van der Waals surface area contributed by atoms with E-state index in [-0.39, 0.29) is 28.4 Å². The van der Waals surface area contributed by atoms with Crippen molar-refractivity contribution < 1.29 is 22.8 Å². The average Bonchev–Trinajstić information content (AvgIpc) is 2.87. The van der Waals surface area contributed by atoms with Crippen molar-refractivity contribution in [2.75, 3.05) is 35.6 Å². The summed E-state index contributed by atoms with van der Waals surface area (Å²) in [4.78, 5) is 42.4. The van der Waals surface area contributed by atoms with Crippen molar-refractivity contribution in [1.82, 2.24) is 10.2 Å². The number of halogens is 1. The molecule has 1 atom stereocenters. The number of benzene rings is 2. The highest BCUT2D eigenvalue weighted by molar-refractivity contribution is 7.91. The maximum atomic E-state index is 13.6. The van der Waals surface area contributed by atoms with E-state index < -0.39 is 33.6 Å². The first kappa shape index (κ1) is 26.0. The molecule has 36 heavy (non-hydrogen) atoms. The Hall–Kier alpha value is -3.11. The molecule has 1 fully saturated rings. The SMILES string of the molecule is CC1(C)CCCN(C(=O)CN2C(=O)C(NC(=O)Nc3cccc(Cl)c3)CS(=O)(=O)c3ccccc32)C1. The molecule has 9 nitrogen and oxygen atoms in total. The van der Waals surface area contributed by atoms with Crippen LogP contribution in [-0.2, 0) is 19.4 Å². The van der Waals surface area contributed by atoms with E-state index in [2.05, 4.69) is 24.5 Å². The number of nitrogens with zero attached hydrogens (tertiary/aromatic N) is 2. The lowest BCUT2D eigenvalue weighted by atomic mass is 9.84. The predicted molar refractivity (Wildman–Crippen MR) is 138 cm³/mol. The van der Waals surface area contributed by atoms with E-state index in [4.69, 9.17) is 11.6 Å². The van der Waals surface area contributed by atoms with Crippen molar-refractivity contribution in [3.63, 3.8) is 0 Å². The number of sulfone groups is 1. The number of likely N-dealkylation sites (tertiary alicyclic amines) is 1. The molecule has 0 aromatic heterocycles. The zero-order valence-corrected chi connectivity index (χ0v) is 21.7. The van der Waals surface area contributed by atoms with Crippen molar-refractivity contribution in [3.05, 3.63) is 53.6 Å². The van der Waals surface area contributed by atoms with Gasteiger partial charge in [-0.2, -0.15) is 0 Å². The van der Waals surface area contributed by atoms with Crippen LogP contribution in [0.25, 0.3) is 0 Å². The van der Waals surface area contributed by atoms with Gasteiger partial charge in [-0.1, -0.05) is 43.6 Å². The Bertz CT molecular complexity index is 1300. The molecule has 2 aromatic carbocycles. The molecule has 0 aliphatic carbocycles. The van der Waals surface area contributed by atoms with Crippen LogP contribution in [-0.4, -0.2) is 62.6 Å². The Morgan fingerprint density at radius 2 is 1.89 bits per heavy atom. The number of urea groups is 1. The summed E-state index contributed by atoms with van der Waals surface area (Å²) in [5.74, 6) is -1.57. The standard InChI is InChI=1S/C25H29ClN4O5S/c1-25(2)11-6-12-29(16-25)22(31)14-30-20-9-3-4-10-21(20)36(34,35)15-19(23(30)32)28-24(33)27-18-8-5-7-17(26)13-18/h3-5,7-10,13,19H,6,11-12,14-16H2,1-2H3,(H2,27,28,33). The van der Waals surface area contributed by atoms with Crippen LogP contribution in [0.4, 0.5) is 16.2 Å². The summed E-state index contributed by atoms with van der Waals surface area (Å²) in [5.41, 5.74) is 0.471. The smallest absolute Gasteiger partial charge is 0.319 e. The maximum absolute atomic E-state index is 13.6. The number of carbonyl (C=O) groups is 3. The molecular formula is C25H29ClN4O5S. The summed E-state index contributed by atoms with van der Waals surface area (Å²) in [7, 11) is -3.95. The molecular weight excluding hydrogens is 504 g/mol. The fraction of sp³-hybridized carbons (Fsp3) is 0.400. The highest BCUT2D eigenvalue weighted by Gasteiger charge is 2.40. The highest BCUT2D eigenvalue weighted by Crippen LogP contribution is 2.32. The first-order valence-electron chi connectivity index (χ1n) is 11.7. The molecule has 0 spiro atoms. The van der Waals surface area contributed by atoms with Gasteiger partial charge < -0.3 is 15.5 Å². The highest BCUT2D eigenvalue weighted by atomic mass is 35.5. The van der Waals surface area contributed by atoms with Gasteiger partial charge in [-0.05, 0) is 48.6 Å². The summed E-state index contributed by atoms with van der Waals surface area (Å²) >= 11 is 5.96. The van der Waals surface area contributed by atoms with Crippen molar-refractivity contribution in [2.24, 2.45) is 5.41 Å². The number of amides is 4. The molecule has 1 saturated heterocycles. The minimum Gasteiger partial charge on any atom is -0.341 e. The number of carbonyl (C=O) groups excluding carboxylic acids is 3. The van der Waals surface area contributed by atoms with Crippen LogP contribution in [0, 0.1) is 5.41 Å². The topological polar surface area (TPSA) is 116 Å². The second-order valence-corrected chi connectivity index (χ2v) is 12.4. The monoisotopic (exact) mass is 532 g/mol. The number of hydrogen-bond donors (Lipinski definition) is 2. The number of anilines is 2. The zero-order chi connectivity index (χ0) is 26.1. The van der Waals surface area contributed by atoms with E-state index in [0.717, 1.165) is 12.8 Å². The van der Waals surface area contributed by atoms with Crippen molar-refractivity contribution >= 4 is 50.7 Å². The molecule has 2 aliphatic rings. The third-order valence-electron chi connectivity index (χ3n) is 6.38. The lowest BCUT2D eigenvalue weighted by Gasteiger charge is -2.39. The quantitative estimate of drug-likeness (QED) is 0.627. The summed E-state index contributed by atoms with van der Waals surface area (Å²) < 4.78 is 26.4. The first-order chi connectivity index (χ1) is 16.9. The summed E-state index contributed by atoms with van der Waals surface area (Å²) in [6.07, 6.45) is 1.85. The average molecular weight is 533 g/mol. The van der Waals surface area contributed by atoms with Crippen LogP contribution in [0.15, 0.2) is 53.4 Å². The molecule has 192 valence electrons. The lowest BCUT2D eigenvalue weighted by molar-refractivity contribution is -0.134. The molecule has 2 aromatic rings. The van der Waals surface area contributed by atoms with Crippen LogP contribution in [0.1, 0.15) is 26.7 Å². The van der Waals surface area contributed by atoms with Gasteiger partial charge in [-0.25, -0.2) is 13.2 Å². The van der Waals surface area contributed by atoms with Crippen LogP contribution in [0.3, 0.4) is 0 Å². The zero-order valence-electron chi connectivity index (χ0n) is 20.2. The van der Waals surface area contributed by atoms with Crippen molar-refractivity contribution in [1.29, 1.82) is 0 Å². The Morgan fingerprint density at radius 3 is 2.61 bits per heavy atom. The normalized spacial score (nSPS) is 20.8. The summed E-state index contributed by atoms with van der Waals surface area (Å²) in [6, 6.07) is 10.3. The van der Waals surface area contributed by atoms with Gasteiger partial charge in [0.15, 0.2) is 9.84 Å². The van der Waals surface area contributed by atoms with Gasteiger partial charge in [0.2, 0.25) is 5.91 Å². The van der Waals surface area contributed by atoms with E-state index in [1.54, 1.807) is 35.2 Å². The lowest BCUT2D eigenvalue weighted by Crippen LogP contribution is -2.54. The molecule has 0 saturated carbocycles. The number of hydrogen-bond acceptors (Lipinski definition) is 5. The second kappa shape index (κ2) is 10.1. The molecule has 2 heterocycles. The van der Waals surface area contributed by atoms with Gasteiger partial charge >= 0.3 is 6.03 Å². The van der Waals surface area contributed by atoms with Crippen LogP contribution < -0.4 is 15.5 Å². The third kappa shape index (κ3) is 5.82. The third-order valence-corrected chi connectivity index (χ3v) is 8.40. The number of para-hydroxylation sites is 1. The predicted octanol–water partition coefficient (Wildman–Crippen LogP) is 3.30. The molecule has 2 aliphatic heterocycles. The maximum Gasteiger partial charge on any atom is 0.319 e. The van der Waals surface area contributed by atoms with Crippen molar-refractivity contribution in [3.8, 4) is 0 Å². The number of rotatable bonds is 4. The van der Waals surface area contributed by atoms with E-state index >= 15 is 0 Å². The van der Waals surface area contributed by atoms with Gasteiger partial charge in [0.05, 0.1) is 16.3 Å². The van der Waals surface area contributed by atoms with Crippen LogP contribution in [0.5, 0.6) is 0 Å². The molecule has 11 heteroatoms. The van der Waals surface area contributed by atoms with Gasteiger partial charge in [-0.15, -0.1) is 0 Å². The van der Waals surface area contributed by atoms with Gasteiger partial charge in [0.1, 0.15) is 12.6 Å². The van der Waals surface area contributed by atoms with Gasteiger partial charge in [0.25, 0.3) is 5.91 Å². The minimum atomic E-state index is -3.95. The van der Waals surface area contributed by atoms with E-state index in [1.165, 1.54) is 23.1 Å². The molecule has 0 bridgehead atoms. The fourth-order valence-corrected chi connectivity index (χ4v) is 6.48. The molecule has 0 radical (unpaired) electrons. The van der Waals surface area contributed by atoms with Gasteiger partial charge in [0, 0.05) is 23.8 Å². The summed E-state index contributed by atoms with van der Waals surface area (Å²) in [6.45, 7) is 4.98. The second-order valence-electron chi connectivity index (χ2n) is 9.92. The number of nitrogens with one attached hydrogen (secondary N) is 2. The molecule has 2 N–H and O–H groups in total. The minimum absolute atomic E-state index is 0.0412. The van der Waals surface area contributed by atoms with Gasteiger partial charge in [-0.3, -0.25) is 14.5 Å².